The maximum absolute atomic E-state index is 9.02. The van der Waals surface area contributed by atoms with Gasteiger partial charge in [0.25, 0.3) is 0 Å². The van der Waals surface area contributed by atoms with Crippen LogP contribution in [0.2, 0.25) is 0 Å². The minimum Gasteiger partial charge on any atom is -0.314 e. The first kappa shape index (κ1) is 13.8. The van der Waals surface area contributed by atoms with Crippen LogP contribution in [0.5, 0.6) is 0 Å². The topological polar surface area (TPSA) is 53.1 Å². The van der Waals surface area contributed by atoms with Crippen LogP contribution in [0.1, 0.15) is 58.8 Å². The van der Waals surface area contributed by atoms with Gasteiger partial charge >= 0.3 is 0 Å². The second-order valence-electron chi connectivity index (χ2n) is 6.83. The molecule has 102 valence electrons. The lowest BCUT2D eigenvalue weighted by atomic mass is 9.76. The average molecular weight is 249 g/mol. The van der Waals surface area contributed by atoms with Crippen LogP contribution < -0.4 is 5.73 Å². The summed E-state index contributed by atoms with van der Waals surface area (Å²) in [5.41, 5.74) is 5.95. The van der Waals surface area contributed by atoms with Gasteiger partial charge in [-0.3, -0.25) is 0 Å². The van der Waals surface area contributed by atoms with Crippen LogP contribution in [0.3, 0.4) is 0 Å². The smallest absolute Gasteiger partial charge is 0.102 e. The Bertz CT molecular complexity index is 313. The zero-order valence-electron chi connectivity index (χ0n) is 11.9. The lowest BCUT2D eigenvalue weighted by Crippen LogP contribution is -2.48. The molecule has 2 fully saturated rings. The van der Waals surface area contributed by atoms with Crippen LogP contribution in [-0.4, -0.2) is 29.6 Å². The normalized spacial score (nSPS) is 28.8. The van der Waals surface area contributed by atoms with Crippen molar-refractivity contribution in [3.8, 4) is 6.07 Å². The summed E-state index contributed by atoms with van der Waals surface area (Å²) < 4.78 is 0. The first-order valence-electron chi connectivity index (χ1n) is 7.41. The third kappa shape index (κ3) is 3.05. The second-order valence-corrected chi connectivity index (χ2v) is 6.83. The quantitative estimate of drug-likeness (QED) is 0.836. The Kier molecular flexibility index (Phi) is 3.99. The molecule has 1 aliphatic carbocycles. The minimum atomic E-state index is -0.679. The van der Waals surface area contributed by atoms with Crippen LogP contribution in [-0.2, 0) is 0 Å². The Balaban J connectivity index is 1.84. The van der Waals surface area contributed by atoms with E-state index in [9.17, 15) is 0 Å². The summed E-state index contributed by atoms with van der Waals surface area (Å²) in [7, 11) is 0. The predicted octanol–water partition coefficient (Wildman–Crippen LogP) is 2.66. The molecule has 2 rings (SSSR count). The molecule has 0 aromatic carbocycles. The van der Waals surface area contributed by atoms with Crippen LogP contribution in [0.25, 0.3) is 0 Å². The monoisotopic (exact) mass is 249 g/mol. The summed E-state index contributed by atoms with van der Waals surface area (Å²) >= 11 is 0. The molecule has 2 aliphatic rings. The van der Waals surface area contributed by atoms with Crippen molar-refractivity contribution >= 4 is 0 Å². The number of nitriles is 1. The van der Waals surface area contributed by atoms with E-state index in [1.807, 2.05) is 6.92 Å². The fourth-order valence-electron chi connectivity index (χ4n) is 3.85. The van der Waals surface area contributed by atoms with Gasteiger partial charge in [0, 0.05) is 6.04 Å². The Morgan fingerprint density at radius 2 is 1.83 bits per heavy atom. The number of rotatable bonds is 3. The van der Waals surface area contributed by atoms with Gasteiger partial charge in [0.1, 0.15) is 5.54 Å². The number of nitrogens with zero attached hydrogens (tertiary/aromatic N) is 2. The van der Waals surface area contributed by atoms with Crippen molar-refractivity contribution < 1.29 is 0 Å². The van der Waals surface area contributed by atoms with Crippen molar-refractivity contribution in [2.45, 2.75) is 70.4 Å². The molecular weight excluding hydrogens is 222 g/mol. The fraction of sp³-hybridized carbons (Fsp3) is 0.933. The molecule has 0 aromatic rings. The van der Waals surface area contributed by atoms with Gasteiger partial charge in [-0.2, -0.15) is 5.26 Å². The molecule has 0 bridgehead atoms. The van der Waals surface area contributed by atoms with Gasteiger partial charge in [0.2, 0.25) is 0 Å². The Morgan fingerprint density at radius 1 is 1.28 bits per heavy atom. The minimum absolute atomic E-state index is 0.429. The molecule has 2 atom stereocenters. The van der Waals surface area contributed by atoms with E-state index < -0.39 is 5.54 Å². The number of hydrogen-bond donors (Lipinski definition) is 1. The van der Waals surface area contributed by atoms with Gasteiger partial charge in [-0.05, 0) is 64.5 Å². The molecule has 2 N–H and O–H groups in total. The average Bonchev–Trinajstić information content (AvgIpc) is 2.78. The molecule has 3 nitrogen and oxygen atoms in total. The summed E-state index contributed by atoms with van der Waals surface area (Å²) in [5.74, 6) is 0. The van der Waals surface area contributed by atoms with E-state index in [2.05, 4.69) is 17.9 Å². The third-order valence-corrected chi connectivity index (χ3v) is 5.12. The van der Waals surface area contributed by atoms with Crippen molar-refractivity contribution in [3.63, 3.8) is 0 Å². The molecule has 3 heteroatoms. The molecule has 1 spiro atoms. The Morgan fingerprint density at radius 3 is 2.33 bits per heavy atom. The summed E-state index contributed by atoms with van der Waals surface area (Å²) in [5, 5.41) is 9.02. The van der Waals surface area contributed by atoms with Crippen molar-refractivity contribution in [2.75, 3.05) is 13.1 Å². The first-order valence-corrected chi connectivity index (χ1v) is 7.41. The van der Waals surface area contributed by atoms with Gasteiger partial charge in [-0.25, -0.2) is 0 Å². The summed E-state index contributed by atoms with van der Waals surface area (Å²) in [4.78, 5) is 2.53. The van der Waals surface area contributed by atoms with E-state index >= 15 is 0 Å². The van der Waals surface area contributed by atoms with Gasteiger partial charge in [-0.15, -0.1) is 0 Å². The molecule has 18 heavy (non-hydrogen) atoms. The molecule has 0 radical (unpaired) electrons. The van der Waals surface area contributed by atoms with E-state index in [1.54, 1.807) is 0 Å². The van der Waals surface area contributed by atoms with E-state index in [4.69, 9.17) is 11.0 Å². The first-order chi connectivity index (χ1) is 8.46. The molecule has 1 heterocycles. The van der Waals surface area contributed by atoms with E-state index in [1.165, 1.54) is 51.6 Å². The summed E-state index contributed by atoms with van der Waals surface area (Å²) in [6.45, 7) is 6.45. The zero-order valence-corrected chi connectivity index (χ0v) is 11.9. The van der Waals surface area contributed by atoms with Crippen molar-refractivity contribution in [1.82, 2.24) is 4.90 Å². The van der Waals surface area contributed by atoms with Crippen LogP contribution in [0.15, 0.2) is 0 Å². The Hall–Kier alpha value is -0.590. The van der Waals surface area contributed by atoms with Gasteiger partial charge in [-0.1, -0.05) is 12.8 Å². The van der Waals surface area contributed by atoms with Crippen LogP contribution in [0, 0.1) is 16.7 Å². The van der Waals surface area contributed by atoms with E-state index in [0.717, 1.165) is 6.42 Å². The molecule has 1 saturated heterocycles. The van der Waals surface area contributed by atoms with Gasteiger partial charge in [0.15, 0.2) is 0 Å². The molecule has 2 unspecified atom stereocenters. The van der Waals surface area contributed by atoms with Crippen molar-refractivity contribution in [1.29, 1.82) is 5.26 Å². The van der Waals surface area contributed by atoms with Crippen molar-refractivity contribution in [3.05, 3.63) is 0 Å². The predicted molar refractivity (Wildman–Crippen MR) is 74.0 cm³/mol. The zero-order chi connectivity index (χ0) is 13.2. The maximum Gasteiger partial charge on any atom is 0.102 e. The maximum atomic E-state index is 9.02. The van der Waals surface area contributed by atoms with E-state index in [0.29, 0.717) is 11.5 Å². The lowest BCUT2D eigenvalue weighted by Gasteiger charge is -2.42. The largest absolute Gasteiger partial charge is 0.314 e. The standard InChI is InChI=1S/C15H27N3/c1-13(11-14(2,17)12-16)18-9-7-15(8-10-18)5-3-4-6-15/h13H,3-11,17H2,1-2H3. The van der Waals surface area contributed by atoms with Crippen LogP contribution in [0.4, 0.5) is 0 Å². The molecule has 0 amide bonds. The third-order valence-electron chi connectivity index (χ3n) is 5.12. The lowest BCUT2D eigenvalue weighted by molar-refractivity contribution is 0.0741. The Labute approximate surface area is 111 Å². The fourth-order valence-corrected chi connectivity index (χ4v) is 3.85. The second kappa shape index (κ2) is 5.19. The molecular formula is C15H27N3. The summed E-state index contributed by atoms with van der Waals surface area (Å²) in [6, 6.07) is 2.64. The summed E-state index contributed by atoms with van der Waals surface area (Å²) in [6.07, 6.45) is 9.24. The highest BCUT2D eigenvalue weighted by atomic mass is 15.2. The molecule has 0 aromatic heterocycles. The molecule has 1 aliphatic heterocycles. The number of piperidine rings is 1. The number of nitrogens with two attached hydrogens (primary N) is 1. The number of hydrogen-bond acceptors (Lipinski definition) is 3. The highest BCUT2D eigenvalue weighted by molar-refractivity contribution is 5.03. The van der Waals surface area contributed by atoms with Crippen LogP contribution >= 0.6 is 0 Å². The van der Waals surface area contributed by atoms with E-state index in [-0.39, 0.29) is 0 Å². The SMILES string of the molecule is CC(CC(C)(N)C#N)N1CCC2(CCCC2)CC1. The van der Waals surface area contributed by atoms with Gasteiger partial charge < -0.3 is 10.6 Å². The highest BCUT2D eigenvalue weighted by Crippen LogP contribution is 2.46. The highest BCUT2D eigenvalue weighted by Gasteiger charge is 2.38. The van der Waals surface area contributed by atoms with Gasteiger partial charge in [0.05, 0.1) is 6.07 Å². The number of likely N-dealkylation sites (tertiary alicyclic amines) is 1. The van der Waals surface area contributed by atoms with Crippen molar-refractivity contribution in [2.24, 2.45) is 11.1 Å². The molecule has 1 saturated carbocycles.